The Kier molecular flexibility index (Phi) is 5.35. The molecule has 1 N–H and O–H groups in total. The Morgan fingerprint density at radius 3 is 2.44 bits per heavy atom. The molecule has 0 radical (unpaired) electrons. The van der Waals surface area contributed by atoms with E-state index in [2.05, 4.69) is 6.07 Å². The molecular formula is C21H23NO5. The van der Waals surface area contributed by atoms with Gasteiger partial charge in [-0.2, -0.15) is 0 Å². The number of aryl methyl sites for hydroxylation is 2. The standard InChI is InChI=1S/C21H23NO5/c1-13-8-16(9-14(2)20(13)27-12-19(23)24)21(25)22-7-6-15-4-5-18(26-3)10-17(15)11-22/h4-5,8-10H,6-7,11-12H2,1-3H3,(H,23,24). The maximum Gasteiger partial charge on any atom is 0.341 e. The fourth-order valence-electron chi connectivity index (χ4n) is 3.45. The number of ether oxygens (including phenoxy) is 2. The number of nitrogens with zero attached hydrogens (tertiary/aromatic N) is 1. The first-order valence-electron chi connectivity index (χ1n) is 8.80. The molecule has 0 bridgehead atoms. The van der Waals surface area contributed by atoms with Crippen LogP contribution in [0.15, 0.2) is 30.3 Å². The maximum absolute atomic E-state index is 13.0. The molecule has 1 amide bonds. The molecule has 142 valence electrons. The van der Waals surface area contributed by atoms with Gasteiger partial charge < -0.3 is 19.5 Å². The molecule has 2 aromatic rings. The molecule has 1 heterocycles. The molecule has 0 atom stereocenters. The fraction of sp³-hybridized carbons (Fsp3) is 0.333. The van der Waals surface area contributed by atoms with E-state index in [4.69, 9.17) is 14.6 Å². The Morgan fingerprint density at radius 1 is 1.11 bits per heavy atom. The Balaban J connectivity index is 1.80. The van der Waals surface area contributed by atoms with Gasteiger partial charge in [-0.15, -0.1) is 0 Å². The van der Waals surface area contributed by atoms with E-state index in [9.17, 15) is 9.59 Å². The molecule has 0 saturated heterocycles. The van der Waals surface area contributed by atoms with Crippen molar-refractivity contribution in [3.05, 3.63) is 58.1 Å². The number of carbonyl (C=O) groups excluding carboxylic acids is 1. The Hall–Kier alpha value is -3.02. The highest BCUT2D eigenvalue weighted by molar-refractivity contribution is 5.95. The van der Waals surface area contributed by atoms with Crippen molar-refractivity contribution in [2.75, 3.05) is 20.3 Å². The van der Waals surface area contributed by atoms with Crippen molar-refractivity contribution < 1.29 is 24.2 Å². The summed E-state index contributed by atoms with van der Waals surface area (Å²) in [7, 11) is 1.63. The average Bonchev–Trinajstić information content (AvgIpc) is 2.65. The van der Waals surface area contributed by atoms with Crippen LogP contribution in [0.25, 0.3) is 0 Å². The van der Waals surface area contributed by atoms with Crippen LogP contribution in [-0.2, 0) is 17.8 Å². The number of hydrogen-bond acceptors (Lipinski definition) is 4. The molecule has 0 saturated carbocycles. The first-order chi connectivity index (χ1) is 12.9. The van der Waals surface area contributed by atoms with Gasteiger partial charge in [0.1, 0.15) is 11.5 Å². The summed E-state index contributed by atoms with van der Waals surface area (Å²) in [6.07, 6.45) is 0.808. The van der Waals surface area contributed by atoms with Gasteiger partial charge >= 0.3 is 5.97 Å². The second-order valence-electron chi connectivity index (χ2n) is 6.73. The van der Waals surface area contributed by atoms with Crippen molar-refractivity contribution >= 4 is 11.9 Å². The molecule has 1 aliphatic heterocycles. The summed E-state index contributed by atoms with van der Waals surface area (Å²) in [6.45, 7) is 4.43. The Bertz CT molecular complexity index is 867. The second kappa shape index (κ2) is 7.70. The molecule has 0 spiro atoms. The van der Waals surface area contributed by atoms with E-state index >= 15 is 0 Å². The zero-order chi connectivity index (χ0) is 19.6. The summed E-state index contributed by atoms with van der Waals surface area (Å²) in [5.41, 5.74) is 4.42. The number of aliphatic carboxylic acids is 1. The van der Waals surface area contributed by atoms with Crippen LogP contribution in [0.5, 0.6) is 11.5 Å². The fourth-order valence-corrected chi connectivity index (χ4v) is 3.45. The predicted octanol–water partition coefficient (Wildman–Crippen LogP) is 2.97. The smallest absolute Gasteiger partial charge is 0.341 e. The first kappa shape index (κ1) is 18.8. The van der Waals surface area contributed by atoms with Crippen LogP contribution in [0.4, 0.5) is 0 Å². The molecular weight excluding hydrogens is 346 g/mol. The molecule has 0 unspecified atom stereocenters. The highest BCUT2D eigenvalue weighted by Crippen LogP contribution is 2.28. The van der Waals surface area contributed by atoms with Crippen LogP contribution in [0.2, 0.25) is 0 Å². The van der Waals surface area contributed by atoms with E-state index in [1.54, 1.807) is 19.2 Å². The van der Waals surface area contributed by atoms with E-state index in [1.807, 2.05) is 30.9 Å². The van der Waals surface area contributed by atoms with Crippen LogP contribution in [0.3, 0.4) is 0 Å². The minimum absolute atomic E-state index is 0.0422. The highest BCUT2D eigenvalue weighted by atomic mass is 16.5. The van der Waals surface area contributed by atoms with E-state index in [-0.39, 0.29) is 5.91 Å². The monoisotopic (exact) mass is 369 g/mol. The molecule has 27 heavy (non-hydrogen) atoms. The van der Waals surface area contributed by atoms with Crippen molar-refractivity contribution in [1.29, 1.82) is 0 Å². The third-order valence-electron chi connectivity index (χ3n) is 4.76. The maximum atomic E-state index is 13.0. The number of hydrogen-bond donors (Lipinski definition) is 1. The summed E-state index contributed by atoms with van der Waals surface area (Å²) < 4.78 is 10.6. The van der Waals surface area contributed by atoms with Crippen molar-refractivity contribution in [3.8, 4) is 11.5 Å². The molecule has 6 nitrogen and oxygen atoms in total. The van der Waals surface area contributed by atoms with Gasteiger partial charge in [-0.25, -0.2) is 4.79 Å². The number of methoxy groups -OCH3 is 1. The van der Waals surface area contributed by atoms with Crippen LogP contribution < -0.4 is 9.47 Å². The van der Waals surface area contributed by atoms with Gasteiger partial charge in [-0.1, -0.05) is 6.07 Å². The topological polar surface area (TPSA) is 76.1 Å². The van der Waals surface area contributed by atoms with Crippen LogP contribution in [0, 0.1) is 13.8 Å². The lowest BCUT2D eigenvalue weighted by Crippen LogP contribution is -2.36. The number of benzene rings is 2. The summed E-state index contributed by atoms with van der Waals surface area (Å²) in [5, 5.41) is 8.79. The minimum atomic E-state index is -1.03. The number of fused-ring (bicyclic) bond motifs is 1. The van der Waals surface area contributed by atoms with E-state index < -0.39 is 12.6 Å². The molecule has 0 fully saturated rings. The largest absolute Gasteiger partial charge is 0.497 e. The summed E-state index contributed by atoms with van der Waals surface area (Å²) in [6, 6.07) is 9.49. The van der Waals surface area contributed by atoms with E-state index in [0.29, 0.717) is 24.4 Å². The van der Waals surface area contributed by atoms with Crippen LogP contribution in [0.1, 0.15) is 32.6 Å². The Morgan fingerprint density at radius 2 is 1.81 bits per heavy atom. The zero-order valence-electron chi connectivity index (χ0n) is 15.7. The van der Waals surface area contributed by atoms with E-state index in [1.165, 1.54) is 5.56 Å². The number of rotatable bonds is 5. The second-order valence-corrected chi connectivity index (χ2v) is 6.73. The average molecular weight is 369 g/mol. The number of amides is 1. The van der Waals surface area contributed by atoms with Gasteiger partial charge in [0, 0.05) is 18.7 Å². The van der Waals surface area contributed by atoms with Gasteiger partial charge in [0.05, 0.1) is 7.11 Å². The van der Waals surface area contributed by atoms with Crippen LogP contribution >= 0.6 is 0 Å². The van der Waals surface area contributed by atoms with Gasteiger partial charge in [0.15, 0.2) is 6.61 Å². The van der Waals surface area contributed by atoms with Gasteiger partial charge in [0.25, 0.3) is 5.91 Å². The normalized spacial score (nSPS) is 13.1. The highest BCUT2D eigenvalue weighted by Gasteiger charge is 2.23. The molecule has 3 rings (SSSR count). The van der Waals surface area contributed by atoms with E-state index in [0.717, 1.165) is 28.9 Å². The summed E-state index contributed by atoms with van der Waals surface area (Å²) >= 11 is 0. The number of carbonyl (C=O) groups is 2. The lowest BCUT2D eigenvalue weighted by molar-refractivity contribution is -0.139. The van der Waals surface area contributed by atoms with Gasteiger partial charge in [-0.05, 0) is 66.8 Å². The summed E-state index contributed by atoms with van der Waals surface area (Å²) in [4.78, 5) is 25.6. The lowest BCUT2D eigenvalue weighted by Gasteiger charge is -2.29. The SMILES string of the molecule is COc1ccc2c(c1)CN(C(=O)c1cc(C)c(OCC(=O)O)c(C)c1)CC2. The Labute approximate surface area is 158 Å². The lowest BCUT2D eigenvalue weighted by atomic mass is 9.98. The van der Waals surface area contributed by atoms with Crippen molar-refractivity contribution in [1.82, 2.24) is 4.90 Å². The zero-order valence-corrected chi connectivity index (χ0v) is 15.7. The third kappa shape index (κ3) is 4.05. The first-order valence-corrected chi connectivity index (χ1v) is 8.80. The molecule has 6 heteroatoms. The molecule has 0 aliphatic carbocycles. The van der Waals surface area contributed by atoms with Crippen molar-refractivity contribution in [2.24, 2.45) is 0 Å². The van der Waals surface area contributed by atoms with Gasteiger partial charge in [0.2, 0.25) is 0 Å². The quantitative estimate of drug-likeness (QED) is 0.877. The molecule has 1 aliphatic rings. The summed E-state index contributed by atoms with van der Waals surface area (Å²) in [5.74, 6) is 0.230. The van der Waals surface area contributed by atoms with Gasteiger partial charge in [-0.3, -0.25) is 4.79 Å². The third-order valence-corrected chi connectivity index (χ3v) is 4.76. The van der Waals surface area contributed by atoms with Crippen LogP contribution in [-0.4, -0.2) is 42.1 Å². The minimum Gasteiger partial charge on any atom is -0.497 e. The van der Waals surface area contributed by atoms with Crippen molar-refractivity contribution in [3.63, 3.8) is 0 Å². The molecule has 2 aromatic carbocycles. The number of carboxylic acid groups (broad SMARTS) is 1. The molecule has 0 aromatic heterocycles. The predicted molar refractivity (Wildman–Crippen MR) is 100 cm³/mol. The number of carboxylic acids is 1. The van der Waals surface area contributed by atoms with Crippen molar-refractivity contribution in [2.45, 2.75) is 26.8 Å².